The van der Waals surface area contributed by atoms with Gasteiger partial charge < -0.3 is 5.32 Å². The van der Waals surface area contributed by atoms with Crippen molar-refractivity contribution in [1.29, 1.82) is 0 Å². The molecule has 0 unspecified atom stereocenters. The first-order valence-corrected chi connectivity index (χ1v) is 10.6. The molecule has 2 N–H and O–H groups in total. The summed E-state index contributed by atoms with van der Waals surface area (Å²) in [4.78, 5) is 9.30. The maximum Gasteiger partial charge on any atom is 0.263 e. The summed E-state index contributed by atoms with van der Waals surface area (Å²) < 4.78 is 28.3. The third-order valence-corrected chi connectivity index (χ3v) is 5.86. The molecule has 0 fully saturated rings. The zero-order valence-corrected chi connectivity index (χ0v) is 16.9. The molecule has 4 aromatic rings. The van der Waals surface area contributed by atoms with Crippen molar-refractivity contribution < 1.29 is 8.42 Å². The van der Waals surface area contributed by atoms with Crippen LogP contribution >= 0.6 is 0 Å². The van der Waals surface area contributed by atoms with E-state index in [1.165, 1.54) is 12.1 Å². The number of nitrogens with zero attached hydrogens (tertiary/aromatic N) is 2. The Morgan fingerprint density at radius 1 is 0.759 bits per heavy atom. The summed E-state index contributed by atoms with van der Waals surface area (Å²) >= 11 is 0. The van der Waals surface area contributed by atoms with E-state index in [1.54, 1.807) is 24.3 Å². The lowest BCUT2D eigenvalue weighted by molar-refractivity contribution is 0.601. The van der Waals surface area contributed by atoms with Gasteiger partial charge in [0.2, 0.25) is 0 Å². The van der Waals surface area contributed by atoms with Crippen LogP contribution in [0.15, 0.2) is 77.7 Å². The molecule has 0 bridgehead atoms. The molecule has 4 rings (SSSR count). The van der Waals surface area contributed by atoms with Gasteiger partial charge in [-0.25, -0.2) is 18.4 Å². The van der Waals surface area contributed by atoms with Crippen molar-refractivity contribution in [1.82, 2.24) is 9.97 Å². The zero-order chi connectivity index (χ0) is 20.4. The molecule has 29 heavy (non-hydrogen) atoms. The molecule has 3 aromatic carbocycles. The highest BCUT2D eigenvalue weighted by Gasteiger charge is 2.19. The van der Waals surface area contributed by atoms with Crippen LogP contribution in [0, 0.1) is 13.8 Å². The lowest BCUT2D eigenvalue weighted by Crippen LogP contribution is -2.16. The number of aromatic nitrogens is 2. The smallest absolute Gasteiger partial charge is 0.263 e. The van der Waals surface area contributed by atoms with E-state index in [-0.39, 0.29) is 10.7 Å². The van der Waals surface area contributed by atoms with Gasteiger partial charge in [0, 0.05) is 5.69 Å². The second kappa shape index (κ2) is 7.52. The number of hydrogen-bond donors (Lipinski definition) is 2. The van der Waals surface area contributed by atoms with E-state index in [0.29, 0.717) is 16.9 Å². The lowest BCUT2D eigenvalue weighted by atomic mass is 10.1. The number of para-hydroxylation sites is 2. The average molecular weight is 404 g/mol. The maximum atomic E-state index is 12.9. The highest BCUT2D eigenvalue weighted by atomic mass is 32.2. The van der Waals surface area contributed by atoms with Gasteiger partial charge in [0.25, 0.3) is 10.0 Å². The first kappa shape index (κ1) is 18.9. The van der Waals surface area contributed by atoms with E-state index in [4.69, 9.17) is 0 Å². The van der Waals surface area contributed by atoms with E-state index in [9.17, 15) is 8.42 Å². The molecule has 146 valence electrons. The molecule has 0 atom stereocenters. The number of nitrogens with one attached hydrogen (secondary N) is 2. The number of aryl methyl sites for hydroxylation is 2. The Balaban J connectivity index is 1.81. The van der Waals surface area contributed by atoms with Crippen molar-refractivity contribution in [2.24, 2.45) is 0 Å². The average Bonchev–Trinajstić information content (AvgIpc) is 2.71. The van der Waals surface area contributed by atoms with Crippen LogP contribution in [-0.2, 0) is 10.0 Å². The number of hydrogen-bond acceptors (Lipinski definition) is 5. The van der Waals surface area contributed by atoms with Gasteiger partial charge in [-0.15, -0.1) is 0 Å². The Kier molecular flexibility index (Phi) is 4.90. The lowest BCUT2D eigenvalue weighted by Gasteiger charge is -2.15. The van der Waals surface area contributed by atoms with E-state index in [1.807, 2.05) is 50.2 Å². The first-order valence-electron chi connectivity index (χ1n) is 9.11. The van der Waals surface area contributed by atoms with Crippen LogP contribution in [0.4, 0.5) is 17.3 Å². The van der Waals surface area contributed by atoms with Crippen LogP contribution in [0.3, 0.4) is 0 Å². The molecule has 6 nitrogen and oxygen atoms in total. The SMILES string of the molecule is Cc1ccc(C)c(Nc2nc3ccccc3nc2NS(=O)(=O)c2ccccc2)c1. The molecule has 0 aliphatic heterocycles. The van der Waals surface area contributed by atoms with Crippen LogP contribution in [0.2, 0.25) is 0 Å². The van der Waals surface area contributed by atoms with Crippen LogP contribution < -0.4 is 10.0 Å². The molecule has 1 aromatic heterocycles. The second-order valence-corrected chi connectivity index (χ2v) is 8.45. The third-order valence-electron chi connectivity index (χ3n) is 4.50. The van der Waals surface area contributed by atoms with E-state index in [2.05, 4.69) is 20.0 Å². The Bertz CT molecular complexity index is 1290. The molecule has 0 radical (unpaired) electrons. The topological polar surface area (TPSA) is 84.0 Å². The quantitative estimate of drug-likeness (QED) is 0.500. The van der Waals surface area contributed by atoms with E-state index < -0.39 is 10.0 Å². The number of sulfonamides is 1. The van der Waals surface area contributed by atoms with Crippen LogP contribution in [0.1, 0.15) is 11.1 Å². The summed E-state index contributed by atoms with van der Waals surface area (Å²) in [5.41, 5.74) is 4.21. The van der Waals surface area contributed by atoms with Gasteiger partial charge >= 0.3 is 0 Å². The minimum atomic E-state index is -3.81. The standard InChI is InChI=1S/C22H20N4O2S/c1-15-12-13-16(2)20(14-15)25-21-22(24-19-11-7-6-10-18(19)23-21)26-29(27,28)17-8-4-3-5-9-17/h3-14H,1-2H3,(H,23,25)(H,24,26). The number of rotatable bonds is 5. The highest BCUT2D eigenvalue weighted by Crippen LogP contribution is 2.28. The van der Waals surface area contributed by atoms with Gasteiger partial charge in [-0.3, -0.25) is 4.72 Å². The molecule has 0 aliphatic carbocycles. The summed E-state index contributed by atoms with van der Waals surface area (Å²) in [6.07, 6.45) is 0. The number of anilines is 3. The predicted octanol–water partition coefficient (Wildman–Crippen LogP) is 4.79. The fraction of sp³-hybridized carbons (Fsp3) is 0.0909. The van der Waals surface area contributed by atoms with Gasteiger partial charge in [0.05, 0.1) is 15.9 Å². The Labute approximate surface area is 169 Å². The van der Waals surface area contributed by atoms with Gasteiger partial charge in [0.1, 0.15) is 0 Å². The zero-order valence-electron chi connectivity index (χ0n) is 16.0. The maximum absolute atomic E-state index is 12.9. The molecular formula is C22H20N4O2S. The molecular weight excluding hydrogens is 384 g/mol. The summed E-state index contributed by atoms with van der Waals surface area (Å²) in [7, 11) is -3.81. The van der Waals surface area contributed by atoms with Crippen LogP contribution in [0.5, 0.6) is 0 Å². The highest BCUT2D eigenvalue weighted by molar-refractivity contribution is 7.92. The largest absolute Gasteiger partial charge is 0.337 e. The molecule has 0 aliphatic rings. The van der Waals surface area contributed by atoms with E-state index in [0.717, 1.165) is 16.8 Å². The van der Waals surface area contributed by atoms with E-state index >= 15 is 0 Å². The van der Waals surface area contributed by atoms with Gasteiger partial charge in [-0.05, 0) is 55.3 Å². The molecule has 0 saturated heterocycles. The number of fused-ring (bicyclic) bond motifs is 1. The van der Waals surface area contributed by atoms with Crippen LogP contribution in [-0.4, -0.2) is 18.4 Å². The normalized spacial score (nSPS) is 11.4. The third kappa shape index (κ3) is 4.05. The van der Waals surface area contributed by atoms with Crippen molar-refractivity contribution in [3.05, 3.63) is 83.9 Å². The fourth-order valence-electron chi connectivity index (χ4n) is 2.94. The molecule has 7 heteroatoms. The summed E-state index contributed by atoms with van der Waals surface area (Å²) in [6.45, 7) is 3.97. The Hall–Kier alpha value is -3.45. The predicted molar refractivity (Wildman–Crippen MR) is 116 cm³/mol. The van der Waals surface area contributed by atoms with Crippen molar-refractivity contribution in [3.8, 4) is 0 Å². The van der Waals surface area contributed by atoms with Crippen molar-refractivity contribution in [2.45, 2.75) is 18.7 Å². The molecule has 0 spiro atoms. The van der Waals surface area contributed by atoms with Gasteiger partial charge in [-0.2, -0.15) is 0 Å². The van der Waals surface area contributed by atoms with Gasteiger partial charge in [0.15, 0.2) is 11.6 Å². The summed E-state index contributed by atoms with van der Waals surface area (Å²) in [6, 6.07) is 21.5. The van der Waals surface area contributed by atoms with Crippen molar-refractivity contribution >= 4 is 38.4 Å². The molecule has 1 heterocycles. The Morgan fingerprint density at radius 2 is 1.38 bits per heavy atom. The molecule has 0 amide bonds. The monoisotopic (exact) mass is 404 g/mol. The first-order chi connectivity index (χ1) is 13.9. The van der Waals surface area contributed by atoms with Crippen LogP contribution in [0.25, 0.3) is 11.0 Å². The van der Waals surface area contributed by atoms with Crippen molar-refractivity contribution in [3.63, 3.8) is 0 Å². The fourth-order valence-corrected chi connectivity index (χ4v) is 3.97. The summed E-state index contributed by atoms with van der Waals surface area (Å²) in [5.74, 6) is 0.491. The minimum Gasteiger partial charge on any atom is -0.337 e. The number of benzene rings is 3. The minimum absolute atomic E-state index is 0.147. The molecule has 0 saturated carbocycles. The van der Waals surface area contributed by atoms with Crippen molar-refractivity contribution in [2.75, 3.05) is 10.0 Å². The van der Waals surface area contributed by atoms with Gasteiger partial charge in [-0.1, -0.05) is 42.5 Å². The Morgan fingerprint density at radius 3 is 2.07 bits per heavy atom. The second-order valence-electron chi connectivity index (χ2n) is 6.77. The summed E-state index contributed by atoms with van der Waals surface area (Å²) in [5, 5.41) is 3.25.